The molecule has 3 nitrogen and oxygen atoms in total. The van der Waals surface area contributed by atoms with E-state index >= 15 is 0 Å². The molecule has 1 aliphatic heterocycles. The van der Waals surface area contributed by atoms with E-state index in [4.69, 9.17) is 0 Å². The number of hydrogen-bond acceptors (Lipinski definition) is 3. The lowest BCUT2D eigenvalue weighted by atomic mass is 9.91. The fourth-order valence-electron chi connectivity index (χ4n) is 3.99. The Bertz CT molecular complexity index is 1090. The number of phenols is 1. The molecule has 4 heteroatoms. The van der Waals surface area contributed by atoms with Gasteiger partial charge in [-0.2, -0.15) is 0 Å². The minimum Gasteiger partial charge on any atom is -0.507 e. The summed E-state index contributed by atoms with van der Waals surface area (Å²) in [5.41, 5.74) is 9.85. The van der Waals surface area contributed by atoms with E-state index in [1.807, 2.05) is 43.3 Å². The highest BCUT2D eigenvalue weighted by Gasteiger charge is 2.21. The monoisotopic (exact) mass is 414 g/mol. The molecular weight excluding hydrogens is 387 g/mol. The van der Waals surface area contributed by atoms with Gasteiger partial charge in [0.2, 0.25) is 0 Å². The van der Waals surface area contributed by atoms with Crippen molar-refractivity contribution in [2.75, 3.05) is 6.54 Å². The van der Waals surface area contributed by atoms with Crippen molar-refractivity contribution in [3.05, 3.63) is 119 Å². The number of nitrogens with one attached hydrogen (secondary N) is 1. The van der Waals surface area contributed by atoms with E-state index in [0.29, 0.717) is 0 Å². The molecule has 0 saturated carbocycles. The first-order valence-electron chi connectivity index (χ1n) is 10.6. The van der Waals surface area contributed by atoms with E-state index in [-0.39, 0.29) is 11.6 Å². The molecule has 158 valence electrons. The van der Waals surface area contributed by atoms with Crippen molar-refractivity contribution in [2.45, 2.75) is 26.2 Å². The van der Waals surface area contributed by atoms with Crippen molar-refractivity contribution in [3.8, 4) is 5.75 Å². The lowest BCUT2D eigenvalue weighted by molar-refractivity contribution is 0.300. The zero-order chi connectivity index (χ0) is 21.6. The SMILES string of the molecule is CC1=C(c2ccccc2O)C(CCc2ccc(F)cc2)=CN(CCc2ccccc2)N1. The van der Waals surface area contributed by atoms with Crippen molar-refractivity contribution in [2.24, 2.45) is 0 Å². The second-order valence-corrected chi connectivity index (χ2v) is 7.84. The van der Waals surface area contributed by atoms with Crippen LogP contribution in [-0.2, 0) is 12.8 Å². The van der Waals surface area contributed by atoms with Gasteiger partial charge in [-0.1, -0.05) is 60.7 Å². The molecule has 0 aliphatic carbocycles. The minimum absolute atomic E-state index is 0.220. The normalized spacial score (nSPS) is 13.7. The van der Waals surface area contributed by atoms with Gasteiger partial charge in [-0.05, 0) is 61.1 Å². The maximum atomic E-state index is 13.3. The number of hydrogen-bond donors (Lipinski definition) is 2. The van der Waals surface area contributed by atoms with Gasteiger partial charge in [-0.15, -0.1) is 0 Å². The highest BCUT2D eigenvalue weighted by Crippen LogP contribution is 2.36. The number of aryl methyl sites for hydroxylation is 1. The van der Waals surface area contributed by atoms with Crippen LogP contribution >= 0.6 is 0 Å². The summed E-state index contributed by atoms with van der Waals surface area (Å²) in [5, 5.41) is 12.6. The zero-order valence-corrected chi connectivity index (χ0v) is 17.7. The highest BCUT2D eigenvalue weighted by atomic mass is 19.1. The van der Waals surface area contributed by atoms with Crippen LogP contribution in [-0.4, -0.2) is 16.7 Å². The van der Waals surface area contributed by atoms with Gasteiger partial charge < -0.3 is 10.5 Å². The van der Waals surface area contributed by atoms with Gasteiger partial charge in [-0.3, -0.25) is 5.01 Å². The molecule has 0 saturated heterocycles. The Labute approximate surface area is 183 Å². The lowest BCUT2D eigenvalue weighted by Crippen LogP contribution is -2.37. The number of aromatic hydroxyl groups is 1. The van der Waals surface area contributed by atoms with Crippen LogP contribution in [0.25, 0.3) is 5.57 Å². The molecule has 0 bridgehead atoms. The fraction of sp³-hybridized carbons (Fsp3) is 0.185. The van der Waals surface area contributed by atoms with Gasteiger partial charge in [0.15, 0.2) is 0 Å². The number of nitrogens with zero attached hydrogens (tertiary/aromatic N) is 1. The Morgan fingerprint density at radius 3 is 2.23 bits per heavy atom. The second-order valence-electron chi connectivity index (χ2n) is 7.84. The molecule has 0 radical (unpaired) electrons. The van der Waals surface area contributed by atoms with Crippen LogP contribution in [0.15, 0.2) is 96.3 Å². The standard InChI is InChI=1S/C27H27FN2O/c1-20-27(25-9-5-6-10-26(25)31)23(14-11-22-12-15-24(28)16-13-22)19-30(29-20)18-17-21-7-3-2-4-8-21/h2-10,12-13,15-16,19,29,31H,11,14,17-18H2,1H3. The third-order valence-electron chi connectivity index (χ3n) is 5.57. The molecule has 0 spiro atoms. The third kappa shape index (κ3) is 5.15. The van der Waals surface area contributed by atoms with E-state index in [1.54, 1.807) is 6.07 Å². The average Bonchev–Trinajstić information content (AvgIpc) is 2.79. The smallest absolute Gasteiger partial charge is 0.123 e. The summed E-state index contributed by atoms with van der Waals surface area (Å²) in [6.45, 7) is 2.87. The van der Waals surface area contributed by atoms with Crippen LogP contribution in [0.3, 0.4) is 0 Å². The van der Waals surface area contributed by atoms with Crippen molar-refractivity contribution in [1.29, 1.82) is 0 Å². The first-order valence-corrected chi connectivity index (χ1v) is 10.6. The highest BCUT2D eigenvalue weighted by molar-refractivity contribution is 5.84. The van der Waals surface area contributed by atoms with Crippen LogP contribution in [0, 0.1) is 5.82 Å². The molecule has 1 heterocycles. The number of halogens is 1. The van der Waals surface area contributed by atoms with Gasteiger partial charge in [0.1, 0.15) is 11.6 Å². The summed E-state index contributed by atoms with van der Waals surface area (Å²) >= 11 is 0. The van der Waals surface area contributed by atoms with Gasteiger partial charge in [0, 0.05) is 29.6 Å². The Balaban J connectivity index is 1.58. The average molecular weight is 415 g/mol. The van der Waals surface area contributed by atoms with Gasteiger partial charge in [-0.25, -0.2) is 4.39 Å². The van der Waals surface area contributed by atoms with E-state index in [0.717, 1.165) is 53.8 Å². The summed E-state index contributed by atoms with van der Waals surface area (Å²) in [6, 6.07) is 24.5. The van der Waals surface area contributed by atoms with Crippen molar-refractivity contribution < 1.29 is 9.50 Å². The molecule has 0 amide bonds. The Morgan fingerprint density at radius 1 is 0.806 bits per heavy atom. The molecule has 0 atom stereocenters. The second kappa shape index (κ2) is 9.52. The van der Waals surface area contributed by atoms with Crippen LogP contribution < -0.4 is 5.43 Å². The van der Waals surface area contributed by atoms with Crippen LogP contribution in [0.5, 0.6) is 5.75 Å². The molecule has 0 fully saturated rings. The predicted molar refractivity (Wildman–Crippen MR) is 123 cm³/mol. The van der Waals surface area contributed by atoms with Crippen molar-refractivity contribution in [1.82, 2.24) is 10.4 Å². The van der Waals surface area contributed by atoms with E-state index in [2.05, 4.69) is 40.9 Å². The maximum absolute atomic E-state index is 13.3. The topological polar surface area (TPSA) is 35.5 Å². The summed E-state index contributed by atoms with van der Waals surface area (Å²) in [6.07, 6.45) is 4.65. The van der Waals surface area contributed by atoms with Crippen LogP contribution in [0.2, 0.25) is 0 Å². The first kappa shape index (κ1) is 20.7. The molecule has 4 rings (SSSR count). The quantitative estimate of drug-likeness (QED) is 0.510. The number of allylic oxidation sites excluding steroid dienone is 3. The number of hydrazine groups is 1. The fourth-order valence-corrected chi connectivity index (χ4v) is 3.99. The first-order chi connectivity index (χ1) is 15.1. The Hall–Kier alpha value is -3.53. The lowest BCUT2D eigenvalue weighted by Gasteiger charge is -2.32. The van der Waals surface area contributed by atoms with Gasteiger partial charge in [0.05, 0.1) is 0 Å². The maximum Gasteiger partial charge on any atom is 0.123 e. The van der Waals surface area contributed by atoms with E-state index < -0.39 is 0 Å². The van der Waals surface area contributed by atoms with Crippen molar-refractivity contribution >= 4 is 5.57 Å². The molecule has 3 aromatic carbocycles. The molecule has 2 N–H and O–H groups in total. The molecule has 0 aromatic heterocycles. The number of benzene rings is 3. The van der Waals surface area contributed by atoms with E-state index in [9.17, 15) is 9.50 Å². The van der Waals surface area contributed by atoms with Gasteiger partial charge >= 0.3 is 0 Å². The predicted octanol–water partition coefficient (Wildman–Crippen LogP) is 5.84. The summed E-state index contributed by atoms with van der Waals surface area (Å²) in [5.74, 6) is 0.0478. The van der Waals surface area contributed by atoms with E-state index in [1.165, 1.54) is 17.7 Å². The summed E-state index contributed by atoms with van der Waals surface area (Å²) in [4.78, 5) is 0. The van der Waals surface area contributed by atoms with Crippen LogP contribution in [0.1, 0.15) is 30.0 Å². The summed E-state index contributed by atoms with van der Waals surface area (Å²) < 4.78 is 13.3. The van der Waals surface area contributed by atoms with Crippen molar-refractivity contribution in [3.63, 3.8) is 0 Å². The number of phenolic OH excluding ortho intramolecular Hbond substituents is 1. The Morgan fingerprint density at radius 2 is 1.48 bits per heavy atom. The molecular formula is C27H27FN2O. The number of rotatable bonds is 7. The number of para-hydroxylation sites is 1. The molecule has 0 unspecified atom stereocenters. The minimum atomic E-state index is -0.220. The van der Waals surface area contributed by atoms with Crippen LogP contribution in [0.4, 0.5) is 4.39 Å². The molecule has 31 heavy (non-hydrogen) atoms. The largest absolute Gasteiger partial charge is 0.507 e. The van der Waals surface area contributed by atoms with Gasteiger partial charge in [0.25, 0.3) is 0 Å². The zero-order valence-electron chi connectivity index (χ0n) is 17.7. The Kier molecular flexibility index (Phi) is 6.37. The molecule has 3 aromatic rings. The molecule has 1 aliphatic rings. The third-order valence-corrected chi connectivity index (χ3v) is 5.57. The summed E-state index contributed by atoms with van der Waals surface area (Å²) in [7, 11) is 0.